The van der Waals surface area contributed by atoms with Crippen molar-refractivity contribution < 1.29 is 23.8 Å². The standard InChI is InChI=1S/C28H30ClNO5/c1-16-24(27(32)34-5)25(26-20(30-16)13-28(2,3)14-21(26)31)17-10-11-22(33-4)18(12-17)15-35-23-9-7-6-8-19(23)29/h6-12,24-25,30H,1,13-15H2,2-5H3. The number of carbonyl (C=O) groups is 2. The highest BCUT2D eigenvalue weighted by Crippen LogP contribution is 2.48. The van der Waals surface area contributed by atoms with Crippen LogP contribution in [0.25, 0.3) is 0 Å². The first kappa shape index (κ1) is 24.9. The van der Waals surface area contributed by atoms with Gasteiger partial charge in [-0.2, -0.15) is 0 Å². The number of esters is 1. The molecule has 184 valence electrons. The first-order chi connectivity index (χ1) is 16.6. The third-order valence-corrected chi connectivity index (χ3v) is 6.90. The molecule has 7 heteroatoms. The number of hydrogen-bond acceptors (Lipinski definition) is 6. The van der Waals surface area contributed by atoms with E-state index in [2.05, 4.69) is 25.7 Å². The SMILES string of the molecule is C=C1NC2=C(C(=O)CC(C)(C)C2)C(c2ccc(OC)c(COc3ccccc3Cl)c2)C1C(=O)OC. The van der Waals surface area contributed by atoms with Gasteiger partial charge in [0.25, 0.3) is 0 Å². The summed E-state index contributed by atoms with van der Waals surface area (Å²) in [6.45, 7) is 8.46. The zero-order chi connectivity index (χ0) is 25.3. The largest absolute Gasteiger partial charge is 0.496 e. The number of ether oxygens (including phenoxy) is 3. The van der Waals surface area contributed by atoms with Crippen LogP contribution in [0.1, 0.15) is 43.7 Å². The van der Waals surface area contributed by atoms with Gasteiger partial charge in [-0.05, 0) is 41.7 Å². The number of methoxy groups -OCH3 is 2. The van der Waals surface area contributed by atoms with E-state index in [-0.39, 0.29) is 17.8 Å². The number of halogens is 1. The zero-order valence-electron chi connectivity index (χ0n) is 20.4. The zero-order valence-corrected chi connectivity index (χ0v) is 21.2. The summed E-state index contributed by atoms with van der Waals surface area (Å²) in [5.74, 6) is -0.497. The Labute approximate surface area is 210 Å². The number of ketones is 1. The molecule has 2 aromatic rings. The Hall–Kier alpha value is -3.25. The normalized spacial score (nSPS) is 21.2. The molecule has 0 saturated carbocycles. The highest BCUT2D eigenvalue weighted by atomic mass is 35.5. The van der Waals surface area contributed by atoms with Crippen LogP contribution in [0.5, 0.6) is 11.5 Å². The molecule has 0 radical (unpaired) electrons. The molecule has 0 aromatic heterocycles. The van der Waals surface area contributed by atoms with Gasteiger partial charge in [0.1, 0.15) is 24.0 Å². The Kier molecular flexibility index (Phi) is 6.95. The van der Waals surface area contributed by atoms with Crippen LogP contribution in [0.3, 0.4) is 0 Å². The lowest BCUT2D eigenvalue weighted by Crippen LogP contribution is -2.43. The van der Waals surface area contributed by atoms with Crippen LogP contribution in [-0.4, -0.2) is 26.0 Å². The minimum Gasteiger partial charge on any atom is -0.496 e. The fourth-order valence-corrected chi connectivity index (χ4v) is 5.22. The van der Waals surface area contributed by atoms with Crippen molar-refractivity contribution in [2.45, 2.75) is 39.2 Å². The average Bonchev–Trinajstić information content (AvgIpc) is 2.81. The summed E-state index contributed by atoms with van der Waals surface area (Å²) in [6, 6.07) is 12.9. The van der Waals surface area contributed by atoms with Crippen LogP contribution in [-0.2, 0) is 20.9 Å². The lowest BCUT2D eigenvalue weighted by molar-refractivity contribution is -0.144. The first-order valence-corrected chi connectivity index (χ1v) is 11.9. The van der Waals surface area contributed by atoms with Crippen molar-refractivity contribution in [3.8, 4) is 11.5 Å². The summed E-state index contributed by atoms with van der Waals surface area (Å²) in [7, 11) is 2.93. The summed E-state index contributed by atoms with van der Waals surface area (Å²) in [5, 5.41) is 3.77. The van der Waals surface area contributed by atoms with E-state index >= 15 is 0 Å². The van der Waals surface area contributed by atoms with Crippen LogP contribution in [0.2, 0.25) is 5.02 Å². The van der Waals surface area contributed by atoms with Crippen molar-refractivity contribution in [2.24, 2.45) is 11.3 Å². The fourth-order valence-electron chi connectivity index (χ4n) is 5.03. The van der Waals surface area contributed by atoms with Gasteiger partial charge in [0.2, 0.25) is 0 Å². The van der Waals surface area contributed by atoms with Gasteiger partial charge >= 0.3 is 5.97 Å². The lowest BCUT2D eigenvalue weighted by Gasteiger charge is -2.42. The Morgan fingerprint density at radius 1 is 1.14 bits per heavy atom. The van der Waals surface area contributed by atoms with Gasteiger partial charge < -0.3 is 19.5 Å². The van der Waals surface area contributed by atoms with Crippen LogP contribution in [0.4, 0.5) is 0 Å². The molecule has 0 saturated heterocycles. The Morgan fingerprint density at radius 2 is 1.89 bits per heavy atom. The van der Waals surface area contributed by atoms with Gasteiger partial charge in [-0.1, -0.05) is 50.2 Å². The number of para-hydroxylation sites is 1. The second-order valence-corrected chi connectivity index (χ2v) is 10.2. The van der Waals surface area contributed by atoms with E-state index < -0.39 is 17.8 Å². The summed E-state index contributed by atoms with van der Waals surface area (Å²) in [4.78, 5) is 26.3. The third-order valence-electron chi connectivity index (χ3n) is 6.59. The summed E-state index contributed by atoms with van der Waals surface area (Å²) >= 11 is 6.25. The second kappa shape index (κ2) is 9.78. The number of nitrogens with one attached hydrogen (secondary N) is 1. The summed E-state index contributed by atoms with van der Waals surface area (Å²) < 4.78 is 16.7. The summed E-state index contributed by atoms with van der Waals surface area (Å²) in [6.07, 6.45) is 1.10. The second-order valence-electron chi connectivity index (χ2n) is 9.75. The fraction of sp³-hybridized carbons (Fsp3) is 0.357. The van der Waals surface area contributed by atoms with E-state index in [1.165, 1.54) is 7.11 Å². The van der Waals surface area contributed by atoms with Crippen LogP contribution >= 0.6 is 11.6 Å². The number of benzene rings is 2. The number of Topliss-reactive ketones (excluding diaryl/α,β-unsaturated/α-hetero) is 1. The molecule has 1 N–H and O–H groups in total. The van der Waals surface area contributed by atoms with E-state index in [9.17, 15) is 9.59 Å². The quantitative estimate of drug-likeness (QED) is 0.529. The molecule has 0 amide bonds. The molecular formula is C28H30ClNO5. The highest BCUT2D eigenvalue weighted by Gasteiger charge is 2.46. The summed E-state index contributed by atoms with van der Waals surface area (Å²) in [5.41, 5.74) is 3.35. The van der Waals surface area contributed by atoms with E-state index in [4.69, 9.17) is 25.8 Å². The van der Waals surface area contributed by atoms with E-state index in [0.717, 1.165) is 16.8 Å². The van der Waals surface area contributed by atoms with Crippen LogP contribution in [0, 0.1) is 11.3 Å². The minimum atomic E-state index is -0.741. The molecule has 2 atom stereocenters. The molecule has 0 fully saturated rings. The van der Waals surface area contributed by atoms with E-state index in [1.807, 2.05) is 30.3 Å². The monoisotopic (exact) mass is 495 g/mol. The van der Waals surface area contributed by atoms with E-state index in [1.54, 1.807) is 19.2 Å². The predicted octanol–water partition coefficient (Wildman–Crippen LogP) is 5.56. The van der Waals surface area contributed by atoms with Crippen molar-refractivity contribution in [3.63, 3.8) is 0 Å². The van der Waals surface area contributed by atoms with Crippen molar-refractivity contribution >= 4 is 23.4 Å². The number of hydrogen-bond donors (Lipinski definition) is 1. The van der Waals surface area contributed by atoms with Crippen molar-refractivity contribution in [2.75, 3.05) is 14.2 Å². The average molecular weight is 496 g/mol. The van der Waals surface area contributed by atoms with Gasteiger partial charge in [-0.25, -0.2) is 0 Å². The van der Waals surface area contributed by atoms with Crippen LogP contribution in [0.15, 0.2) is 66.0 Å². The molecule has 1 heterocycles. The maximum absolute atomic E-state index is 13.4. The number of rotatable bonds is 6. The van der Waals surface area contributed by atoms with Gasteiger partial charge in [0.15, 0.2) is 5.78 Å². The lowest BCUT2D eigenvalue weighted by atomic mass is 9.66. The molecule has 6 nitrogen and oxygen atoms in total. The number of carbonyl (C=O) groups excluding carboxylic acids is 2. The minimum absolute atomic E-state index is 0.0276. The smallest absolute Gasteiger partial charge is 0.315 e. The van der Waals surface area contributed by atoms with E-state index in [0.29, 0.717) is 40.6 Å². The van der Waals surface area contributed by atoms with Gasteiger partial charge in [-0.15, -0.1) is 0 Å². The third kappa shape index (κ3) is 4.94. The van der Waals surface area contributed by atoms with Crippen molar-refractivity contribution in [3.05, 3.63) is 82.2 Å². The molecule has 2 unspecified atom stereocenters. The van der Waals surface area contributed by atoms with Gasteiger partial charge in [-0.3, -0.25) is 9.59 Å². The molecule has 2 aromatic carbocycles. The van der Waals surface area contributed by atoms with Crippen LogP contribution < -0.4 is 14.8 Å². The molecular weight excluding hydrogens is 466 g/mol. The topological polar surface area (TPSA) is 73.9 Å². The number of allylic oxidation sites excluding steroid dienone is 2. The Morgan fingerprint density at radius 3 is 2.57 bits per heavy atom. The Bertz CT molecular complexity index is 1220. The van der Waals surface area contributed by atoms with Crippen molar-refractivity contribution in [1.29, 1.82) is 0 Å². The van der Waals surface area contributed by atoms with Gasteiger partial charge in [0.05, 0.1) is 19.2 Å². The predicted molar refractivity (Wildman–Crippen MR) is 134 cm³/mol. The molecule has 35 heavy (non-hydrogen) atoms. The highest BCUT2D eigenvalue weighted by molar-refractivity contribution is 6.32. The molecule has 0 bridgehead atoms. The van der Waals surface area contributed by atoms with Crippen molar-refractivity contribution in [1.82, 2.24) is 5.32 Å². The van der Waals surface area contributed by atoms with Gasteiger partial charge in [0, 0.05) is 34.9 Å². The molecule has 1 aliphatic heterocycles. The molecule has 1 aliphatic carbocycles. The first-order valence-electron chi connectivity index (χ1n) is 11.5. The maximum Gasteiger partial charge on any atom is 0.315 e. The molecule has 2 aliphatic rings. The maximum atomic E-state index is 13.4. The Balaban J connectivity index is 1.79. The molecule has 4 rings (SSSR count). The molecule has 0 spiro atoms.